The number of para-hydroxylation sites is 1. The minimum Gasteiger partial charge on any atom is -0.493 e. The van der Waals surface area contributed by atoms with Crippen LogP contribution in [0.4, 0.5) is 0 Å². The van der Waals surface area contributed by atoms with Crippen molar-refractivity contribution < 1.29 is 4.74 Å². The van der Waals surface area contributed by atoms with Gasteiger partial charge in [0.05, 0.1) is 6.61 Å². The number of nitrogens with one attached hydrogen (secondary N) is 1. The predicted molar refractivity (Wildman–Crippen MR) is 76.0 cm³/mol. The zero-order chi connectivity index (χ0) is 12.8. The molecule has 2 nitrogen and oxygen atoms in total. The monoisotopic (exact) mass is 247 g/mol. The average Bonchev–Trinajstić information content (AvgIpc) is 2.40. The molecule has 1 heterocycles. The summed E-state index contributed by atoms with van der Waals surface area (Å²) in [4.78, 5) is 0. The molecule has 2 rings (SSSR count). The summed E-state index contributed by atoms with van der Waals surface area (Å²) in [6.45, 7) is 5.37. The Morgan fingerprint density at radius 3 is 2.67 bits per heavy atom. The van der Waals surface area contributed by atoms with E-state index in [1.807, 2.05) is 0 Å². The van der Waals surface area contributed by atoms with E-state index in [0.717, 1.165) is 18.8 Å². The summed E-state index contributed by atoms with van der Waals surface area (Å²) in [5, 5.41) is 3.83. The van der Waals surface area contributed by atoms with Gasteiger partial charge in [0, 0.05) is 24.1 Å². The molecular formula is C16H25NO. The fourth-order valence-corrected chi connectivity index (χ4v) is 2.81. The predicted octanol–water partition coefficient (Wildman–Crippen LogP) is 4.07. The molecule has 0 amide bonds. The highest BCUT2D eigenvalue weighted by Crippen LogP contribution is 2.32. The number of benzene rings is 1. The second-order valence-corrected chi connectivity index (χ2v) is 5.17. The summed E-state index contributed by atoms with van der Waals surface area (Å²) in [5.41, 5.74) is 1.33. The van der Waals surface area contributed by atoms with Crippen molar-refractivity contribution >= 4 is 0 Å². The van der Waals surface area contributed by atoms with E-state index >= 15 is 0 Å². The van der Waals surface area contributed by atoms with Gasteiger partial charge in [-0.3, -0.25) is 0 Å². The standard InChI is InChI=1S/C16H25NO/c1-3-7-13(8-4-2)17-15-11-12-18-16-10-6-5-9-14(15)16/h5-6,9-10,13,15,17H,3-4,7-8,11-12H2,1-2H3. The molecule has 0 aromatic heterocycles. The molecule has 1 N–H and O–H groups in total. The quantitative estimate of drug-likeness (QED) is 0.818. The van der Waals surface area contributed by atoms with Crippen LogP contribution in [0.1, 0.15) is 57.6 Å². The third-order valence-corrected chi connectivity index (χ3v) is 3.67. The van der Waals surface area contributed by atoms with Crippen molar-refractivity contribution in [1.82, 2.24) is 5.32 Å². The summed E-state index contributed by atoms with van der Waals surface area (Å²) in [7, 11) is 0. The topological polar surface area (TPSA) is 21.3 Å². The third-order valence-electron chi connectivity index (χ3n) is 3.67. The van der Waals surface area contributed by atoms with Crippen molar-refractivity contribution in [2.45, 2.75) is 58.0 Å². The van der Waals surface area contributed by atoms with Gasteiger partial charge in [-0.2, -0.15) is 0 Å². The average molecular weight is 247 g/mol. The van der Waals surface area contributed by atoms with Crippen LogP contribution < -0.4 is 10.1 Å². The van der Waals surface area contributed by atoms with E-state index in [-0.39, 0.29) is 0 Å². The molecule has 1 aromatic carbocycles. The molecule has 1 aliphatic rings. The first-order valence-corrected chi connectivity index (χ1v) is 7.33. The molecule has 1 aliphatic heterocycles. The smallest absolute Gasteiger partial charge is 0.124 e. The lowest BCUT2D eigenvalue weighted by atomic mass is 9.97. The Labute approximate surface area is 111 Å². The second kappa shape index (κ2) is 6.79. The maximum absolute atomic E-state index is 5.72. The molecule has 0 saturated heterocycles. The van der Waals surface area contributed by atoms with Gasteiger partial charge in [0.2, 0.25) is 0 Å². The van der Waals surface area contributed by atoms with Gasteiger partial charge < -0.3 is 10.1 Å². The lowest BCUT2D eigenvalue weighted by Crippen LogP contribution is -2.35. The lowest BCUT2D eigenvalue weighted by molar-refractivity contribution is 0.239. The van der Waals surface area contributed by atoms with Crippen molar-refractivity contribution in [2.24, 2.45) is 0 Å². The van der Waals surface area contributed by atoms with Crippen molar-refractivity contribution in [1.29, 1.82) is 0 Å². The minimum absolute atomic E-state index is 0.470. The molecule has 0 radical (unpaired) electrons. The van der Waals surface area contributed by atoms with Crippen LogP contribution in [0.2, 0.25) is 0 Å². The molecule has 0 bridgehead atoms. The van der Waals surface area contributed by atoms with Crippen molar-refractivity contribution in [3.05, 3.63) is 29.8 Å². The van der Waals surface area contributed by atoms with Gasteiger partial charge in [0.15, 0.2) is 0 Å². The first-order valence-electron chi connectivity index (χ1n) is 7.33. The molecule has 18 heavy (non-hydrogen) atoms. The fourth-order valence-electron chi connectivity index (χ4n) is 2.81. The molecule has 0 fully saturated rings. The Bertz CT molecular complexity index is 358. The number of hydrogen-bond donors (Lipinski definition) is 1. The summed E-state index contributed by atoms with van der Waals surface area (Å²) in [5.74, 6) is 1.06. The van der Waals surface area contributed by atoms with Crippen LogP contribution in [0.3, 0.4) is 0 Å². The number of ether oxygens (including phenoxy) is 1. The number of hydrogen-bond acceptors (Lipinski definition) is 2. The molecule has 100 valence electrons. The summed E-state index contributed by atoms with van der Waals surface area (Å²) >= 11 is 0. The van der Waals surface area contributed by atoms with E-state index in [2.05, 4.69) is 43.4 Å². The van der Waals surface area contributed by atoms with E-state index in [1.165, 1.54) is 31.2 Å². The van der Waals surface area contributed by atoms with Crippen LogP contribution in [0.25, 0.3) is 0 Å². The van der Waals surface area contributed by atoms with Crippen LogP contribution in [0.5, 0.6) is 5.75 Å². The lowest BCUT2D eigenvalue weighted by Gasteiger charge is -2.30. The number of fused-ring (bicyclic) bond motifs is 1. The Morgan fingerprint density at radius 2 is 1.94 bits per heavy atom. The first-order chi connectivity index (χ1) is 8.85. The van der Waals surface area contributed by atoms with E-state index in [9.17, 15) is 0 Å². The zero-order valence-electron chi connectivity index (χ0n) is 11.6. The Morgan fingerprint density at radius 1 is 1.22 bits per heavy atom. The SMILES string of the molecule is CCCC(CCC)NC1CCOc2ccccc21. The molecule has 1 unspecified atom stereocenters. The Hall–Kier alpha value is -1.02. The summed E-state index contributed by atoms with van der Waals surface area (Å²) in [6.07, 6.45) is 6.13. The van der Waals surface area contributed by atoms with Gasteiger partial charge in [0.25, 0.3) is 0 Å². The van der Waals surface area contributed by atoms with Gasteiger partial charge in [0.1, 0.15) is 5.75 Å². The van der Waals surface area contributed by atoms with Crippen molar-refractivity contribution in [2.75, 3.05) is 6.61 Å². The Kier molecular flexibility index (Phi) is 5.06. The molecule has 0 saturated carbocycles. The van der Waals surface area contributed by atoms with Gasteiger partial charge in [-0.25, -0.2) is 0 Å². The first kappa shape index (κ1) is 13.4. The molecule has 1 atom stereocenters. The molecular weight excluding hydrogens is 222 g/mol. The summed E-state index contributed by atoms with van der Waals surface area (Å²) in [6, 6.07) is 9.56. The molecule has 0 spiro atoms. The van der Waals surface area contributed by atoms with Gasteiger partial charge in [-0.15, -0.1) is 0 Å². The highest BCUT2D eigenvalue weighted by atomic mass is 16.5. The maximum Gasteiger partial charge on any atom is 0.124 e. The molecule has 2 heteroatoms. The zero-order valence-corrected chi connectivity index (χ0v) is 11.6. The minimum atomic E-state index is 0.470. The van der Waals surface area contributed by atoms with E-state index in [0.29, 0.717) is 12.1 Å². The van der Waals surface area contributed by atoms with Crippen LogP contribution in [0.15, 0.2) is 24.3 Å². The number of rotatable bonds is 6. The van der Waals surface area contributed by atoms with Crippen molar-refractivity contribution in [3.8, 4) is 5.75 Å². The van der Waals surface area contributed by atoms with E-state index in [4.69, 9.17) is 4.74 Å². The third kappa shape index (κ3) is 3.26. The van der Waals surface area contributed by atoms with Crippen LogP contribution >= 0.6 is 0 Å². The van der Waals surface area contributed by atoms with E-state index < -0.39 is 0 Å². The van der Waals surface area contributed by atoms with Crippen molar-refractivity contribution in [3.63, 3.8) is 0 Å². The van der Waals surface area contributed by atoms with Gasteiger partial charge >= 0.3 is 0 Å². The van der Waals surface area contributed by atoms with E-state index in [1.54, 1.807) is 0 Å². The van der Waals surface area contributed by atoms with Crippen LogP contribution in [0, 0.1) is 0 Å². The van der Waals surface area contributed by atoms with Crippen LogP contribution in [-0.4, -0.2) is 12.6 Å². The Balaban J connectivity index is 2.05. The van der Waals surface area contributed by atoms with Gasteiger partial charge in [-0.1, -0.05) is 44.9 Å². The highest BCUT2D eigenvalue weighted by Gasteiger charge is 2.22. The molecule has 0 aliphatic carbocycles. The largest absolute Gasteiger partial charge is 0.493 e. The highest BCUT2D eigenvalue weighted by molar-refractivity contribution is 5.37. The second-order valence-electron chi connectivity index (χ2n) is 5.17. The normalized spacial score (nSPS) is 18.5. The molecule has 1 aromatic rings. The fraction of sp³-hybridized carbons (Fsp3) is 0.625. The summed E-state index contributed by atoms with van der Waals surface area (Å²) < 4.78 is 5.72. The maximum atomic E-state index is 5.72. The van der Waals surface area contributed by atoms with Crippen LogP contribution in [-0.2, 0) is 0 Å². The van der Waals surface area contributed by atoms with Gasteiger partial charge in [-0.05, 0) is 18.9 Å².